The summed E-state index contributed by atoms with van der Waals surface area (Å²) in [7, 11) is 0. The molecule has 0 heterocycles. The first-order chi connectivity index (χ1) is 8.51. The van der Waals surface area contributed by atoms with Gasteiger partial charge in [0.15, 0.2) is 0 Å². The predicted octanol–water partition coefficient (Wildman–Crippen LogP) is 2.38. The molecule has 18 heavy (non-hydrogen) atoms. The fourth-order valence-electron chi connectivity index (χ4n) is 2.67. The maximum atomic E-state index is 12.4. The number of amides is 1. The van der Waals surface area contributed by atoms with E-state index in [2.05, 4.69) is 13.8 Å². The molecule has 1 fully saturated rings. The third kappa shape index (κ3) is 3.47. The fourth-order valence-corrected chi connectivity index (χ4v) is 2.67. The Labute approximate surface area is 109 Å². The predicted molar refractivity (Wildman–Crippen MR) is 70.2 cm³/mol. The van der Waals surface area contributed by atoms with Crippen LogP contribution in [0.1, 0.15) is 46.5 Å². The van der Waals surface area contributed by atoms with Gasteiger partial charge in [-0.25, -0.2) is 0 Å². The van der Waals surface area contributed by atoms with Gasteiger partial charge in [0, 0.05) is 13.1 Å². The van der Waals surface area contributed by atoms with Crippen molar-refractivity contribution in [2.75, 3.05) is 13.1 Å². The number of aliphatic carboxylic acids is 1. The van der Waals surface area contributed by atoms with Crippen LogP contribution in [0.25, 0.3) is 0 Å². The summed E-state index contributed by atoms with van der Waals surface area (Å²) in [6, 6.07) is 0. The van der Waals surface area contributed by atoms with Crippen LogP contribution in [0.15, 0.2) is 0 Å². The lowest BCUT2D eigenvalue weighted by molar-refractivity contribution is -0.149. The van der Waals surface area contributed by atoms with E-state index in [0.29, 0.717) is 18.9 Å². The van der Waals surface area contributed by atoms with Gasteiger partial charge in [-0.2, -0.15) is 0 Å². The Kier molecular flexibility index (Phi) is 5.63. The molecule has 0 aromatic heterocycles. The Morgan fingerprint density at radius 3 is 2.39 bits per heavy atom. The van der Waals surface area contributed by atoms with Crippen LogP contribution in [0.4, 0.5) is 0 Å². The molecule has 0 bridgehead atoms. The van der Waals surface area contributed by atoms with Crippen LogP contribution >= 0.6 is 0 Å². The molecule has 0 aromatic carbocycles. The van der Waals surface area contributed by atoms with E-state index in [-0.39, 0.29) is 11.8 Å². The molecule has 1 rings (SSSR count). The Balaban J connectivity index is 2.68. The summed E-state index contributed by atoms with van der Waals surface area (Å²) < 4.78 is 0. The zero-order valence-corrected chi connectivity index (χ0v) is 11.7. The molecule has 4 heteroatoms. The number of carboxylic acids is 1. The minimum atomic E-state index is -0.814. The number of carboxylic acid groups (broad SMARTS) is 1. The number of nitrogens with zero attached hydrogens (tertiary/aromatic N) is 1. The maximum absolute atomic E-state index is 12.4. The molecule has 0 saturated heterocycles. The monoisotopic (exact) mass is 255 g/mol. The standard InChI is InChI=1S/C14H25NO3/c1-4-10(3)9-15(5-2)13(16)11-7-6-8-12(11)14(17)18/h10-12H,4-9H2,1-3H3,(H,17,18)/t10?,11-,12+/m1/s1. The molecule has 1 saturated carbocycles. The summed E-state index contributed by atoms with van der Waals surface area (Å²) in [4.78, 5) is 25.4. The molecular weight excluding hydrogens is 230 g/mol. The summed E-state index contributed by atoms with van der Waals surface area (Å²) >= 11 is 0. The van der Waals surface area contributed by atoms with Crippen LogP contribution in [0.3, 0.4) is 0 Å². The minimum absolute atomic E-state index is 0.0442. The molecule has 0 spiro atoms. The summed E-state index contributed by atoms with van der Waals surface area (Å²) in [6.45, 7) is 7.61. The van der Waals surface area contributed by atoms with Gasteiger partial charge in [0.05, 0.1) is 11.8 Å². The van der Waals surface area contributed by atoms with Crippen molar-refractivity contribution in [1.82, 2.24) is 4.90 Å². The largest absolute Gasteiger partial charge is 0.481 e. The summed E-state index contributed by atoms with van der Waals surface area (Å²) in [5, 5.41) is 9.14. The first kappa shape index (κ1) is 15.0. The molecule has 0 aromatic rings. The normalized spacial score (nSPS) is 24.8. The van der Waals surface area contributed by atoms with Crippen molar-refractivity contribution in [2.45, 2.75) is 46.5 Å². The van der Waals surface area contributed by atoms with Crippen molar-refractivity contribution in [3.63, 3.8) is 0 Å². The average Bonchev–Trinajstić information content (AvgIpc) is 2.83. The summed E-state index contributed by atoms with van der Waals surface area (Å²) in [5.41, 5.74) is 0. The second-order valence-corrected chi connectivity index (χ2v) is 5.37. The van der Waals surface area contributed by atoms with Crippen molar-refractivity contribution in [3.05, 3.63) is 0 Å². The number of rotatable bonds is 6. The Morgan fingerprint density at radius 1 is 1.28 bits per heavy atom. The topological polar surface area (TPSA) is 57.6 Å². The summed E-state index contributed by atoms with van der Waals surface area (Å²) in [6.07, 6.45) is 3.27. The van der Waals surface area contributed by atoms with E-state index in [1.54, 1.807) is 0 Å². The zero-order chi connectivity index (χ0) is 13.7. The Bertz CT molecular complexity index is 303. The first-order valence-corrected chi connectivity index (χ1v) is 7.02. The van der Waals surface area contributed by atoms with Gasteiger partial charge in [-0.15, -0.1) is 0 Å². The van der Waals surface area contributed by atoms with Crippen LogP contribution < -0.4 is 0 Å². The van der Waals surface area contributed by atoms with Crippen LogP contribution in [0.5, 0.6) is 0 Å². The van der Waals surface area contributed by atoms with Gasteiger partial charge in [0.2, 0.25) is 5.91 Å². The lowest BCUT2D eigenvalue weighted by atomic mass is 9.94. The van der Waals surface area contributed by atoms with Crippen LogP contribution in [0, 0.1) is 17.8 Å². The van der Waals surface area contributed by atoms with Crippen molar-refractivity contribution in [3.8, 4) is 0 Å². The van der Waals surface area contributed by atoms with Gasteiger partial charge in [-0.1, -0.05) is 26.7 Å². The quantitative estimate of drug-likeness (QED) is 0.792. The van der Waals surface area contributed by atoms with E-state index in [4.69, 9.17) is 5.11 Å². The van der Waals surface area contributed by atoms with E-state index in [0.717, 1.165) is 25.8 Å². The van der Waals surface area contributed by atoms with Gasteiger partial charge >= 0.3 is 5.97 Å². The molecule has 1 amide bonds. The van der Waals surface area contributed by atoms with Gasteiger partial charge in [0.25, 0.3) is 0 Å². The smallest absolute Gasteiger partial charge is 0.307 e. The van der Waals surface area contributed by atoms with Gasteiger partial charge in [-0.05, 0) is 25.7 Å². The third-order valence-corrected chi connectivity index (χ3v) is 4.07. The van der Waals surface area contributed by atoms with Crippen molar-refractivity contribution in [1.29, 1.82) is 0 Å². The Morgan fingerprint density at radius 2 is 1.89 bits per heavy atom. The SMILES string of the molecule is CCC(C)CN(CC)C(=O)[C@@H]1CCC[C@@H]1C(=O)O. The van der Waals surface area contributed by atoms with Gasteiger partial charge in [0.1, 0.15) is 0 Å². The maximum Gasteiger partial charge on any atom is 0.307 e. The van der Waals surface area contributed by atoms with E-state index in [1.165, 1.54) is 0 Å². The fraction of sp³-hybridized carbons (Fsp3) is 0.857. The molecule has 4 nitrogen and oxygen atoms in total. The molecule has 1 aliphatic rings. The molecule has 0 aliphatic heterocycles. The van der Waals surface area contributed by atoms with Gasteiger partial charge in [-0.3, -0.25) is 9.59 Å². The van der Waals surface area contributed by atoms with E-state index in [9.17, 15) is 9.59 Å². The number of hydrogen-bond donors (Lipinski definition) is 1. The number of carbonyl (C=O) groups excluding carboxylic acids is 1. The van der Waals surface area contributed by atoms with Crippen molar-refractivity contribution < 1.29 is 14.7 Å². The molecule has 104 valence electrons. The highest BCUT2D eigenvalue weighted by Gasteiger charge is 2.39. The molecule has 0 radical (unpaired) electrons. The van der Waals surface area contributed by atoms with E-state index >= 15 is 0 Å². The third-order valence-electron chi connectivity index (χ3n) is 4.07. The lowest BCUT2D eigenvalue weighted by Crippen LogP contribution is -2.41. The zero-order valence-electron chi connectivity index (χ0n) is 11.7. The van der Waals surface area contributed by atoms with E-state index in [1.807, 2.05) is 11.8 Å². The molecular formula is C14H25NO3. The molecule has 1 N–H and O–H groups in total. The first-order valence-electron chi connectivity index (χ1n) is 7.02. The van der Waals surface area contributed by atoms with Crippen molar-refractivity contribution in [2.24, 2.45) is 17.8 Å². The Hall–Kier alpha value is -1.06. The average molecular weight is 255 g/mol. The van der Waals surface area contributed by atoms with Crippen LogP contribution in [0.2, 0.25) is 0 Å². The summed E-state index contributed by atoms with van der Waals surface area (Å²) in [5.74, 6) is -1.07. The highest BCUT2D eigenvalue weighted by atomic mass is 16.4. The van der Waals surface area contributed by atoms with Crippen LogP contribution in [-0.4, -0.2) is 35.0 Å². The highest BCUT2D eigenvalue weighted by molar-refractivity contribution is 5.85. The molecule has 3 atom stereocenters. The van der Waals surface area contributed by atoms with Crippen LogP contribution in [-0.2, 0) is 9.59 Å². The second kappa shape index (κ2) is 6.76. The lowest BCUT2D eigenvalue weighted by Gasteiger charge is -2.28. The number of hydrogen-bond acceptors (Lipinski definition) is 2. The van der Waals surface area contributed by atoms with E-state index < -0.39 is 11.9 Å². The van der Waals surface area contributed by atoms with Gasteiger partial charge < -0.3 is 10.0 Å². The van der Waals surface area contributed by atoms with Crippen molar-refractivity contribution >= 4 is 11.9 Å². The molecule has 1 unspecified atom stereocenters. The molecule has 1 aliphatic carbocycles. The second-order valence-electron chi connectivity index (χ2n) is 5.37. The minimum Gasteiger partial charge on any atom is -0.481 e. The number of carbonyl (C=O) groups is 2. The highest BCUT2D eigenvalue weighted by Crippen LogP contribution is 2.33.